The third kappa shape index (κ3) is 4.24. The molecule has 0 saturated carbocycles. The van der Waals surface area contributed by atoms with Crippen LogP contribution >= 0.6 is 0 Å². The van der Waals surface area contributed by atoms with Gasteiger partial charge in [0.15, 0.2) is 11.5 Å². The van der Waals surface area contributed by atoms with Crippen molar-refractivity contribution in [3.05, 3.63) is 29.6 Å². The Balaban J connectivity index is 2.33. The summed E-state index contributed by atoms with van der Waals surface area (Å²) in [6, 6.07) is 3.46. The fourth-order valence-electron chi connectivity index (χ4n) is 2.46. The molecule has 0 fully saturated rings. The lowest BCUT2D eigenvalue weighted by Gasteiger charge is -2.17. The number of nitrogens with zero attached hydrogens (tertiary/aromatic N) is 2. The molecular weight excluding hydrogens is 340 g/mol. The zero-order chi connectivity index (χ0) is 19.1. The van der Waals surface area contributed by atoms with Crippen molar-refractivity contribution in [2.24, 2.45) is 0 Å². The Morgan fingerprint density at radius 3 is 2.46 bits per heavy atom. The summed E-state index contributed by atoms with van der Waals surface area (Å²) >= 11 is 0. The number of nitrogen functional groups attached to an aromatic ring is 1. The number of hydrogen-bond donors (Lipinski definition) is 2. The highest BCUT2D eigenvalue weighted by atomic mass is 16.5. The Morgan fingerprint density at radius 1 is 1.15 bits per heavy atom. The van der Waals surface area contributed by atoms with E-state index in [9.17, 15) is 4.79 Å². The van der Waals surface area contributed by atoms with Crippen LogP contribution in [-0.2, 0) is 11.2 Å². The summed E-state index contributed by atoms with van der Waals surface area (Å²) < 4.78 is 21.0. The first-order valence-electron chi connectivity index (χ1n) is 7.87. The van der Waals surface area contributed by atoms with Gasteiger partial charge in [-0.3, -0.25) is 5.32 Å². The number of rotatable bonds is 7. The predicted molar refractivity (Wildman–Crippen MR) is 96.0 cm³/mol. The van der Waals surface area contributed by atoms with Crippen LogP contribution in [0.3, 0.4) is 0 Å². The minimum atomic E-state index is -0.613. The van der Waals surface area contributed by atoms with Crippen molar-refractivity contribution in [2.45, 2.75) is 13.3 Å². The predicted octanol–water partition coefficient (Wildman–Crippen LogP) is 2.24. The highest BCUT2D eigenvalue weighted by Gasteiger charge is 2.20. The molecule has 1 heterocycles. The van der Waals surface area contributed by atoms with E-state index in [1.165, 1.54) is 21.3 Å². The number of carbonyl (C=O) groups excluding carboxylic acids is 1. The molecule has 2 aromatic rings. The molecule has 0 aliphatic heterocycles. The second-order valence-electron chi connectivity index (χ2n) is 5.12. The van der Waals surface area contributed by atoms with Crippen LogP contribution in [-0.4, -0.2) is 44.0 Å². The van der Waals surface area contributed by atoms with Crippen molar-refractivity contribution in [3.63, 3.8) is 0 Å². The molecule has 9 nitrogen and oxygen atoms in total. The number of benzene rings is 1. The Hall–Kier alpha value is -3.23. The average Bonchev–Trinajstić information content (AvgIpc) is 2.61. The number of hydrogen-bond acceptors (Lipinski definition) is 8. The second-order valence-corrected chi connectivity index (χ2v) is 5.12. The van der Waals surface area contributed by atoms with E-state index in [-0.39, 0.29) is 12.6 Å². The van der Waals surface area contributed by atoms with Gasteiger partial charge in [0, 0.05) is 18.2 Å². The van der Waals surface area contributed by atoms with Gasteiger partial charge in [0.05, 0.1) is 39.3 Å². The van der Waals surface area contributed by atoms with E-state index in [2.05, 4.69) is 15.3 Å². The molecular formula is C17H22N4O5. The number of amides is 1. The smallest absolute Gasteiger partial charge is 0.414 e. The van der Waals surface area contributed by atoms with Gasteiger partial charge in [-0.1, -0.05) is 0 Å². The molecule has 0 unspecified atom stereocenters. The summed E-state index contributed by atoms with van der Waals surface area (Å²) in [5.41, 5.74) is 7.87. The Morgan fingerprint density at radius 2 is 1.85 bits per heavy atom. The number of aromatic nitrogens is 2. The summed E-state index contributed by atoms with van der Waals surface area (Å²) in [5, 5.41) is 2.47. The molecule has 0 saturated heterocycles. The maximum absolute atomic E-state index is 11.5. The monoisotopic (exact) mass is 362 g/mol. The van der Waals surface area contributed by atoms with E-state index in [4.69, 9.17) is 24.7 Å². The highest BCUT2D eigenvalue weighted by Crippen LogP contribution is 2.44. The number of ether oxygens (including phenoxy) is 4. The molecule has 0 atom stereocenters. The van der Waals surface area contributed by atoms with Crippen molar-refractivity contribution in [2.75, 3.05) is 39.0 Å². The minimum Gasteiger partial charge on any atom is -0.492 e. The van der Waals surface area contributed by atoms with Gasteiger partial charge in [-0.15, -0.1) is 0 Å². The molecule has 0 aliphatic carbocycles. The summed E-state index contributed by atoms with van der Waals surface area (Å²) in [6.07, 6.45) is 1.31. The number of methoxy groups -OCH3 is 3. The van der Waals surface area contributed by atoms with Crippen LogP contribution in [0.2, 0.25) is 0 Å². The number of nitrogens with one attached hydrogen (secondary N) is 1. The van der Waals surface area contributed by atoms with Gasteiger partial charge >= 0.3 is 6.09 Å². The van der Waals surface area contributed by atoms with E-state index < -0.39 is 6.09 Å². The molecule has 9 heteroatoms. The van der Waals surface area contributed by atoms with Gasteiger partial charge in [0.1, 0.15) is 0 Å². The largest absolute Gasteiger partial charge is 0.492 e. The first-order chi connectivity index (χ1) is 12.5. The van der Waals surface area contributed by atoms with Gasteiger partial charge in [-0.2, -0.15) is 0 Å². The normalized spacial score (nSPS) is 10.2. The number of nitrogens with two attached hydrogens (primary N) is 1. The molecule has 26 heavy (non-hydrogen) atoms. The highest BCUT2D eigenvalue weighted by molar-refractivity contribution is 5.82. The van der Waals surface area contributed by atoms with Gasteiger partial charge in [0.25, 0.3) is 0 Å². The molecule has 2 rings (SSSR count). The average molecular weight is 362 g/mol. The summed E-state index contributed by atoms with van der Waals surface area (Å²) in [5.74, 6) is 1.45. The fourth-order valence-corrected chi connectivity index (χ4v) is 2.46. The van der Waals surface area contributed by atoms with E-state index in [0.717, 1.165) is 5.56 Å². The van der Waals surface area contributed by atoms with Crippen LogP contribution in [0.5, 0.6) is 17.2 Å². The second kappa shape index (κ2) is 8.75. The van der Waals surface area contributed by atoms with E-state index in [1.54, 1.807) is 25.3 Å². The summed E-state index contributed by atoms with van der Waals surface area (Å²) in [4.78, 5) is 19.8. The van der Waals surface area contributed by atoms with Crippen LogP contribution in [0.25, 0.3) is 0 Å². The molecule has 0 aliphatic rings. The standard InChI is InChI=1S/C17H22N4O5/c1-5-26-17(22)21-16-19-7-6-11(20-16)8-10-9-12(18)14(24-3)15(25-4)13(10)23-2/h6-7,9H,5,8,18H2,1-4H3,(H,19,20,21,22). The zero-order valence-electron chi connectivity index (χ0n) is 15.2. The Labute approximate surface area is 151 Å². The molecule has 0 bridgehead atoms. The topological polar surface area (TPSA) is 118 Å². The van der Waals surface area contributed by atoms with Crippen LogP contribution in [0.1, 0.15) is 18.2 Å². The first kappa shape index (κ1) is 19.1. The third-order valence-electron chi connectivity index (χ3n) is 3.48. The lowest BCUT2D eigenvalue weighted by molar-refractivity contribution is 0.167. The van der Waals surface area contributed by atoms with Gasteiger partial charge in [0.2, 0.25) is 11.7 Å². The molecule has 1 aromatic carbocycles. The lowest BCUT2D eigenvalue weighted by Crippen LogP contribution is -2.15. The van der Waals surface area contributed by atoms with E-state index in [0.29, 0.717) is 35.1 Å². The molecule has 140 valence electrons. The quantitative estimate of drug-likeness (QED) is 0.720. The molecule has 1 aromatic heterocycles. The summed E-state index contributed by atoms with van der Waals surface area (Å²) in [7, 11) is 4.55. The van der Waals surface area contributed by atoms with E-state index >= 15 is 0 Å². The van der Waals surface area contributed by atoms with Crippen molar-refractivity contribution in [3.8, 4) is 17.2 Å². The Kier molecular flexibility index (Phi) is 6.42. The number of carbonyl (C=O) groups is 1. The van der Waals surface area contributed by atoms with Gasteiger partial charge in [-0.05, 0) is 19.1 Å². The zero-order valence-corrected chi connectivity index (χ0v) is 15.2. The van der Waals surface area contributed by atoms with Crippen LogP contribution in [0.4, 0.5) is 16.4 Å². The van der Waals surface area contributed by atoms with Crippen molar-refractivity contribution < 1.29 is 23.7 Å². The summed E-state index contributed by atoms with van der Waals surface area (Å²) in [6.45, 7) is 1.97. The molecule has 3 N–H and O–H groups in total. The van der Waals surface area contributed by atoms with Gasteiger partial charge < -0.3 is 24.7 Å². The molecule has 1 amide bonds. The van der Waals surface area contributed by atoms with Crippen LogP contribution < -0.4 is 25.3 Å². The van der Waals surface area contributed by atoms with Crippen LogP contribution in [0.15, 0.2) is 18.3 Å². The molecule has 0 radical (unpaired) electrons. The van der Waals surface area contributed by atoms with Crippen molar-refractivity contribution in [1.82, 2.24) is 9.97 Å². The number of anilines is 2. The maximum Gasteiger partial charge on any atom is 0.414 e. The Bertz CT molecular complexity index is 782. The molecule has 0 spiro atoms. The lowest BCUT2D eigenvalue weighted by atomic mass is 10.1. The third-order valence-corrected chi connectivity index (χ3v) is 3.48. The van der Waals surface area contributed by atoms with Crippen molar-refractivity contribution >= 4 is 17.7 Å². The fraction of sp³-hybridized carbons (Fsp3) is 0.353. The minimum absolute atomic E-state index is 0.147. The van der Waals surface area contributed by atoms with Gasteiger partial charge in [-0.25, -0.2) is 14.8 Å². The van der Waals surface area contributed by atoms with E-state index in [1.807, 2.05) is 0 Å². The SMILES string of the molecule is CCOC(=O)Nc1nccc(Cc2cc(N)c(OC)c(OC)c2OC)n1. The van der Waals surface area contributed by atoms with Crippen LogP contribution in [0, 0.1) is 0 Å². The first-order valence-corrected chi connectivity index (χ1v) is 7.87. The maximum atomic E-state index is 11.5. The van der Waals surface area contributed by atoms with Crippen molar-refractivity contribution in [1.29, 1.82) is 0 Å².